The fourth-order valence-electron chi connectivity index (χ4n) is 2.44. The van der Waals surface area contributed by atoms with Gasteiger partial charge in [-0.3, -0.25) is 0 Å². The van der Waals surface area contributed by atoms with Crippen molar-refractivity contribution in [1.82, 2.24) is 15.2 Å². The van der Waals surface area contributed by atoms with Crippen molar-refractivity contribution in [2.24, 2.45) is 0 Å². The Hall–Kier alpha value is -1.23. The summed E-state index contributed by atoms with van der Waals surface area (Å²) in [5.41, 5.74) is 2.06. The molecule has 0 unspecified atom stereocenters. The van der Waals surface area contributed by atoms with Crippen LogP contribution < -0.4 is 4.90 Å². The molecule has 1 fully saturated rings. The minimum absolute atomic E-state index is 0.213. The molecule has 0 aromatic carbocycles. The zero-order valence-electron chi connectivity index (χ0n) is 12.0. The Balaban J connectivity index is 2.19. The van der Waals surface area contributed by atoms with Crippen LogP contribution in [0, 0.1) is 0 Å². The van der Waals surface area contributed by atoms with Crippen molar-refractivity contribution in [3.8, 4) is 0 Å². The van der Waals surface area contributed by atoms with E-state index in [1.165, 1.54) is 19.3 Å². The topological polar surface area (TPSA) is 62.1 Å². The van der Waals surface area contributed by atoms with Gasteiger partial charge in [0.25, 0.3) is 0 Å². The first kappa shape index (κ1) is 14.2. The Morgan fingerprint density at radius 2 is 1.89 bits per heavy atom. The van der Waals surface area contributed by atoms with Gasteiger partial charge in [0.15, 0.2) is 0 Å². The molecule has 1 aliphatic rings. The van der Waals surface area contributed by atoms with E-state index in [9.17, 15) is 0 Å². The Bertz CT molecular complexity index is 406. The van der Waals surface area contributed by atoms with Crippen LogP contribution in [0.5, 0.6) is 0 Å². The van der Waals surface area contributed by atoms with Crippen LogP contribution in [0.4, 0.5) is 5.95 Å². The molecule has 19 heavy (non-hydrogen) atoms. The minimum Gasteiger partial charge on any atom is -0.396 e. The van der Waals surface area contributed by atoms with Crippen molar-refractivity contribution in [3.63, 3.8) is 0 Å². The molecule has 0 aliphatic heterocycles. The number of aliphatic hydroxyl groups excluding tert-OH is 1. The maximum absolute atomic E-state index is 9.03. The predicted molar refractivity (Wildman–Crippen MR) is 75.3 cm³/mol. The zero-order valence-corrected chi connectivity index (χ0v) is 12.0. The molecule has 0 bridgehead atoms. The summed E-state index contributed by atoms with van der Waals surface area (Å²) in [5.74, 6) is 0.743. The molecule has 0 radical (unpaired) electrons. The van der Waals surface area contributed by atoms with Crippen molar-refractivity contribution in [1.29, 1.82) is 0 Å². The molecule has 1 heterocycles. The maximum Gasteiger partial charge on any atom is 0.245 e. The third-order valence-corrected chi connectivity index (χ3v) is 3.83. The lowest BCUT2D eigenvalue weighted by molar-refractivity contribution is 0.282. The molecule has 0 amide bonds. The van der Waals surface area contributed by atoms with Gasteiger partial charge in [-0.2, -0.15) is 5.10 Å². The molecule has 106 valence electrons. The van der Waals surface area contributed by atoms with Gasteiger partial charge in [-0.15, -0.1) is 5.10 Å². The summed E-state index contributed by atoms with van der Waals surface area (Å²) in [6, 6.07) is 0.533. The van der Waals surface area contributed by atoms with Crippen molar-refractivity contribution in [2.75, 3.05) is 18.1 Å². The van der Waals surface area contributed by atoms with Crippen molar-refractivity contribution in [3.05, 3.63) is 11.4 Å². The van der Waals surface area contributed by atoms with E-state index in [0.717, 1.165) is 43.1 Å². The summed E-state index contributed by atoms with van der Waals surface area (Å²) < 4.78 is 0. The highest BCUT2D eigenvalue weighted by atomic mass is 16.3. The average molecular weight is 264 g/mol. The molecule has 0 atom stereocenters. The number of aliphatic hydroxyl groups is 1. The smallest absolute Gasteiger partial charge is 0.245 e. The Kier molecular flexibility index (Phi) is 5.07. The second kappa shape index (κ2) is 6.80. The normalized spacial score (nSPS) is 15.3. The van der Waals surface area contributed by atoms with Crippen LogP contribution in [0.1, 0.15) is 50.9 Å². The molecule has 1 N–H and O–H groups in total. The molecule has 0 saturated heterocycles. The molecular weight excluding hydrogens is 240 g/mol. The fraction of sp³-hybridized carbons (Fsp3) is 0.786. The number of nitrogens with zero attached hydrogens (tertiary/aromatic N) is 4. The molecule has 1 saturated carbocycles. The Morgan fingerprint density at radius 1 is 1.16 bits per heavy atom. The zero-order chi connectivity index (χ0) is 13.7. The Morgan fingerprint density at radius 3 is 2.42 bits per heavy atom. The van der Waals surface area contributed by atoms with E-state index in [2.05, 4.69) is 33.9 Å². The second-order valence-electron chi connectivity index (χ2n) is 5.07. The van der Waals surface area contributed by atoms with Gasteiger partial charge in [0, 0.05) is 19.2 Å². The first-order chi connectivity index (χ1) is 9.30. The minimum atomic E-state index is 0.213. The van der Waals surface area contributed by atoms with Gasteiger partial charge >= 0.3 is 0 Å². The average Bonchev–Trinajstić information content (AvgIpc) is 2.40. The highest BCUT2D eigenvalue weighted by Crippen LogP contribution is 2.27. The monoisotopic (exact) mass is 264 g/mol. The molecule has 1 aromatic heterocycles. The largest absolute Gasteiger partial charge is 0.396 e. The summed E-state index contributed by atoms with van der Waals surface area (Å²) in [7, 11) is 0. The number of anilines is 1. The summed E-state index contributed by atoms with van der Waals surface area (Å²) >= 11 is 0. The van der Waals surface area contributed by atoms with Crippen LogP contribution in [0.3, 0.4) is 0 Å². The molecule has 2 rings (SSSR count). The maximum atomic E-state index is 9.03. The van der Waals surface area contributed by atoms with Crippen LogP contribution in [0.2, 0.25) is 0 Å². The molecule has 5 nitrogen and oxygen atoms in total. The fourth-order valence-corrected chi connectivity index (χ4v) is 2.44. The van der Waals surface area contributed by atoms with Gasteiger partial charge in [-0.1, -0.05) is 13.8 Å². The quantitative estimate of drug-likeness (QED) is 0.812. The van der Waals surface area contributed by atoms with Crippen molar-refractivity contribution < 1.29 is 5.11 Å². The molecular formula is C14H24N4O. The van der Waals surface area contributed by atoms with Crippen LogP contribution in [-0.2, 0) is 12.8 Å². The third kappa shape index (κ3) is 3.21. The van der Waals surface area contributed by atoms with Gasteiger partial charge in [0.2, 0.25) is 5.95 Å². The Labute approximate surface area is 115 Å². The summed E-state index contributed by atoms with van der Waals surface area (Å²) in [6.07, 6.45) is 6.21. The summed E-state index contributed by atoms with van der Waals surface area (Å²) in [6.45, 7) is 5.22. The number of hydrogen-bond donors (Lipinski definition) is 1. The number of aromatic nitrogens is 3. The molecule has 1 aromatic rings. The van der Waals surface area contributed by atoms with Gasteiger partial charge in [0.05, 0.1) is 11.4 Å². The van der Waals surface area contributed by atoms with Crippen LogP contribution in [0.15, 0.2) is 0 Å². The first-order valence-electron chi connectivity index (χ1n) is 7.40. The highest BCUT2D eigenvalue weighted by Gasteiger charge is 2.27. The number of hydrogen-bond acceptors (Lipinski definition) is 5. The van der Waals surface area contributed by atoms with E-state index in [1.807, 2.05) is 0 Å². The lowest BCUT2D eigenvalue weighted by atomic mass is 9.91. The SMILES string of the molecule is CCc1nnc(N(CCCO)C2CCC2)nc1CC. The van der Waals surface area contributed by atoms with Gasteiger partial charge in [-0.25, -0.2) is 4.98 Å². The van der Waals surface area contributed by atoms with Crippen LogP contribution in [-0.4, -0.2) is 39.5 Å². The number of rotatable bonds is 7. The van der Waals surface area contributed by atoms with E-state index < -0.39 is 0 Å². The lowest BCUT2D eigenvalue weighted by Gasteiger charge is -2.37. The molecule has 0 spiro atoms. The van der Waals surface area contributed by atoms with E-state index >= 15 is 0 Å². The van der Waals surface area contributed by atoms with Gasteiger partial charge < -0.3 is 10.0 Å². The van der Waals surface area contributed by atoms with E-state index in [4.69, 9.17) is 5.11 Å². The molecule has 1 aliphatic carbocycles. The summed E-state index contributed by atoms with van der Waals surface area (Å²) in [5, 5.41) is 17.7. The number of aryl methyl sites for hydroxylation is 2. The predicted octanol–water partition coefficient (Wildman–Crippen LogP) is 1.74. The summed E-state index contributed by atoms with van der Waals surface area (Å²) in [4.78, 5) is 6.92. The molecule has 5 heteroatoms. The lowest BCUT2D eigenvalue weighted by Crippen LogP contribution is -2.42. The van der Waals surface area contributed by atoms with Crippen LogP contribution in [0.25, 0.3) is 0 Å². The third-order valence-electron chi connectivity index (χ3n) is 3.83. The van der Waals surface area contributed by atoms with E-state index in [0.29, 0.717) is 6.04 Å². The van der Waals surface area contributed by atoms with Crippen molar-refractivity contribution in [2.45, 2.75) is 58.4 Å². The van der Waals surface area contributed by atoms with Crippen LogP contribution >= 0.6 is 0 Å². The highest BCUT2D eigenvalue weighted by molar-refractivity contribution is 5.33. The van der Waals surface area contributed by atoms with E-state index in [1.54, 1.807) is 0 Å². The van der Waals surface area contributed by atoms with Gasteiger partial charge in [0.1, 0.15) is 0 Å². The van der Waals surface area contributed by atoms with Crippen molar-refractivity contribution >= 4 is 5.95 Å². The van der Waals surface area contributed by atoms with Gasteiger partial charge in [-0.05, 0) is 38.5 Å². The van der Waals surface area contributed by atoms with E-state index in [-0.39, 0.29) is 6.61 Å². The first-order valence-corrected chi connectivity index (χ1v) is 7.40. The second-order valence-corrected chi connectivity index (χ2v) is 5.07. The standard InChI is InChI=1S/C14H24N4O/c1-3-12-13(4-2)16-17-14(15-12)18(9-6-10-19)11-7-5-8-11/h11,19H,3-10H2,1-2H3.